The third-order valence-corrected chi connectivity index (χ3v) is 7.49. The van der Waals surface area contributed by atoms with Crippen LogP contribution < -0.4 is 4.72 Å². The second-order valence-corrected chi connectivity index (χ2v) is 10.4. The summed E-state index contributed by atoms with van der Waals surface area (Å²) in [5.74, 6) is -0.167. The molecule has 4 aromatic carbocycles. The van der Waals surface area contributed by atoms with Crippen LogP contribution in [-0.2, 0) is 14.8 Å². The predicted molar refractivity (Wildman–Crippen MR) is 140 cm³/mol. The smallest absolute Gasteiger partial charge is 0.342 e. The molecule has 0 unspecified atom stereocenters. The molecule has 0 spiro atoms. The number of carbonyl (C=O) groups excluding carboxylic acids is 1. The number of furan rings is 1. The van der Waals surface area contributed by atoms with Gasteiger partial charge in [0.05, 0.1) is 17.2 Å². The highest BCUT2D eigenvalue weighted by Crippen LogP contribution is 2.41. The van der Waals surface area contributed by atoms with Crippen LogP contribution in [0, 0.1) is 0 Å². The first-order chi connectivity index (χ1) is 16.9. The van der Waals surface area contributed by atoms with Crippen molar-refractivity contribution in [3.05, 3.63) is 95.0 Å². The van der Waals surface area contributed by atoms with Crippen molar-refractivity contribution in [2.75, 3.05) is 11.3 Å². The zero-order valence-corrected chi connectivity index (χ0v) is 21.0. The van der Waals surface area contributed by atoms with E-state index in [0.29, 0.717) is 38.8 Å². The van der Waals surface area contributed by atoms with Crippen LogP contribution in [0.25, 0.3) is 33.1 Å². The van der Waals surface area contributed by atoms with E-state index in [4.69, 9.17) is 9.15 Å². The largest absolute Gasteiger partial charge is 0.462 e. The molecule has 0 amide bonds. The molecule has 0 aliphatic carbocycles. The first kappa shape index (κ1) is 23.1. The average molecular weight is 550 g/mol. The van der Waals surface area contributed by atoms with Crippen molar-refractivity contribution in [2.24, 2.45) is 0 Å². The van der Waals surface area contributed by atoms with Gasteiger partial charge in [-0.1, -0.05) is 70.5 Å². The first-order valence-corrected chi connectivity index (χ1v) is 13.2. The Balaban J connectivity index is 1.77. The highest BCUT2D eigenvalue weighted by Gasteiger charge is 2.26. The van der Waals surface area contributed by atoms with Gasteiger partial charge in [0.1, 0.15) is 16.9 Å². The lowest BCUT2D eigenvalue weighted by Crippen LogP contribution is -2.13. The van der Waals surface area contributed by atoms with Crippen LogP contribution in [-0.4, -0.2) is 21.0 Å². The number of carbonyl (C=O) groups is 1. The van der Waals surface area contributed by atoms with Gasteiger partial charge in [-0.3, -0.25) is 4.72 Å². The van der Waals surface area contributed by atoms with E-state index < -0.39 is 16.0 Å². The molecule has 0 saturated heterocycles. The molecular formula is C27H20BrNO5S. The minimum Gasteiger partial charge on any atom is -0.462 e. The summed E-state index contributed by atoms with van der Waals surface area (Å²) in [6.07, 6.45) is 0. The maximum Gasteiger partial charge on any atom is 0.342 e. The van der Waals surface area contributed by atoms with Crippen molar-refractivity contribution in [1.29, 1.82) is 0 Å². The second kappa shape index (κ2) is 9.20. The summed E-state index contributed by atoms with van der Waals surface area (Å²) in [6, 6.07) is 24.6. The monoisotopic (exact) mass is 549 g/mol. The Bertz CT molecular complexity index is 1660. The molecule has 0 fully saturated rings. The number of benzene rings is 4. The van der Waals surface area contributed by atoms with E-state index in [9.17, 15) is 13.2 Å². The summed E-state index contributed by atoms with van der Waals surface area (Å²) in [5, 5.41) is 1.78. The minimum absolute atomic E-state index is 0.118. The minimum atomic E-state index is -3.90. The summed E-state index contributed by atoms with van der Waals surface area (Å²) in [4.78, 5) is 13.2. The number of sulfonamides is 1. The number of rotatable bonds is 6. The molecule has 1 N–H and O–H groups in total. The first-order valence-electron chi connectivity index (χ1n) is 10.9. The van der Waals surface area contributed by atoms with Crippen LogP contribution in [0.2, 0.25) is 0 Å². The van der Waals surface area contributed by atoms with Crippen LogP contribution in [0.5, 0.6) is 0 Å². The quantitative estimate of drug-likeness (QED) is 0.230. The normalized spacial score (nSPS) is 11.6. The van der Waals surface area contributed by atoms with E-state index in [-0.39, 0.29) is 17.1 Å². The van der Waals surface area contributed by atoms with E-state index in [0.717, 1.165) is 4.47 Å². The van der Waals surface area contributed by atoms with Gasteiger partial charge >= 0.3 is 5.97 Å². The topological polar surface area (TPSA) is 85.6 Å². The van der Waals surface area contributed by atoms with Crippen molar-refractivity contribution in [1.82, 2.24) is 0 Å². The van der Waals surface area contributed by atoms with Crippen molar-refractivity contribution in [2.45, 2.75) is 11.8 Å². The zero-order valence-electron chi connectivity index (χ0n) is 18.6. The Morgan fingerprint density at radius 1 is 0.914 bits per heavy atom. The summed E-state index contributed by atoms with van der Waals surface area (Å²) in [5.41, 5.74) is 1.78. The van der Waals surface area contributed by atoms with Crippen LogP contribution in [0.1, 0.15) is 17.3 Å². The van der Waals surface area contributed by atoms with Gasteiger partial charge < -0.3 is 9.15 Å². The van der Waals surface area contributed by atoms with Crippen molar-refractivity contribution in [3.63, 3.8) is 0 Å². The number of esters is 1. The maximum atomic E-state index is 13.2. The zero-order chi connectivity index (χ0) is 24.6. The Hall–Kier alpha value is -3.62. The van der Waals surface area contributed by atoms with Gasteiger partial charge in [0, 0.05) is 26.2 Å². The maximum absolute atomic E-state index is 13.2. The lowest BCUT2D eigenvalue weighted by molar-refractivity contribution is 0.0528. The van der Waals surface area contributed by atoms with E-state index in [1.54, 1.807) is 25.1 Å². The molecule has 0 aliphatic rings. The van der Waals surface area contributed by atoms with Crippen LogP contribution in [0.15, 0.2) is 98.7 Å². The van der Waals surface area contributed by atoms with Crippen LogP contribution >= 0.6 is 15.9 Å². The molecule has 5 aromatic rings. The van der Waals surface area contributed by atoms with Gasteiger partial charge in [-0.25, -0.2) is 13.2 Å². The van der Waals surface area contributed by atoms with Crippen LogP contribution in [0.4, 0.5) is 5.69 Å². The highest BCUT2D eigenvalue weighted by atomic mass is 79.9. The van der Waals surface area contributed by atoms with E-state index in [2.05, 4.69) is 20.7 Å². The molecular weight excluding hydrogens is 530 g/mol. The lowest BCUT2D eigenvalue weighted by Gasteiger charge is -2.12. The van der Waals surface area contributed by atoms with Crippen molar-refractivity contribution < 1.29 is 22.4 Å². The number of anilines is 1. The third-order valence-electron chi connectivity index (χ3n) is 5.58. The predicted octanol–water partition coefficient (Wildman–Crippen LogP) is 6.99. The van der Waals surface area contributed by atoms with Crippen molar-refractivity contribution in [3.8, 4) is 11.3 Å². The molecule has 8 heteroatoms. The number of hydrogen-bond donors (Lipinski definition) is 1. The van der Waals surface area contributed by atoms with Gasteiger partial charge in [-0.15, -0.1) is 0 Å². The Kier molecular flexibility index (Phi) is 6.08. The molecule has 1 heterocycles. The summed E-state index contributed by atoms with van der Waals surface area (Å²) in [6.45, 7) is 1.92. The van der Waals surface area contributed by atoms with E-state index in [1.165, 1.54) is 12.1 Å². The fourth-order valence-corrected chi connectivity index (χ4v) is 5.36. The number of nitrogens with one attached hydrogen (secondary N) is 1. The molecule has 176 valence electrons. The van der Waals surface area contributed by atoms with Gasteiger partial charge in [0.2, 0.25) is 0 Å². The number of hydrogen-bond acceptors (Lipinski definition) is 5. The fourth-order valence-electron chi connectivity index (χ4n) is 4.02. The second-order valence-electron chi connectivity index (χ2n) is 7.80. The van der Waals surface area contributed by atoms with Crippen molar-refractivity contribution >= 4 is 59.4 Å². The molecule has 35 heavy (non-hydrogen) atoms. The van der Waals surface area contributed by atoms with Gasteiger partial charge in [-0.2, -0.15) is 0 Å². The standard InChI is InChI=1S/C27H20BrNO5S/c1-2-33-27(30)24-22-16-23(29-35(31,32)19-14-12-18(28)13-15-19)20-10-6-7-11-21(20)26(22)34-25(24)17-8-4-3-5-9-17/h3-16,29H,2H2,1H3. The van der Waals surface area contributed by atoms with Gasteiger partial charge in [0.25, 0.3) is 10.0 Å². The molecule has 1 aromatic heterocycles. The summed E-state index contributed by atoms with van der Waals surface area (Å²) >= 11 is 3.33. The van der Waals surface area contributed by atoms with Crippen LogP contribution in [0.3, 0.4) is 0 Å². The van der Waals surface area contributed by atoms with Gasteiger partial charge in [-0.05, 0) is 37.3 Å². The molecule has 0 saturated carbocycles. The Labute approximate surface area is 210 Å². The average Bonchev–Trinajstić information content (AvgIpc) is 3.25. The van der Waals surface area contributed by atoms with Gasteiger partial charge in [0.15, 0.2) is 0 Å². The molecule has 0 bridgehead atoms. The molecule has 6 nitrogen and oxygen atoms in total. The molecule has 0 radical (unpaired) electrons. The Morgan fingerprint density at radius 2 is 1.57 bits per heavy atom. The van der Waals surface area contributed by atoms with E-state index >= 15 is 0 Å². The molecule has 0 aliphatic heterocycles. The third kappa shape index (κ3) is 4.31. The number of fused-ring (bicyclic) bond motifs is 3. The lowest BCUT2D eigenvalue weighted by atomic mass is 10.0. The summed E-state index contributed by atoms with van der Waals surface area (Å²) in [7, 11) is -3.90. The number of ether oxygens (including phenoxy) is 1. The van der Waals surface area contributed by atoms with E-state index in [1.807, 2.05) is 54.6 Å². The molecule has 5 rings (SSSR count). The number of halogens is 1. The molecule has 0 atom stereocenters. The highest BCUT2D eigenvalue weighted by molar-refractivity contribution is 9.10. The SMILES string of the molecule is CCOC(=O)c1c(-c2ccccc2)oc2c1cc(NS(=O)(=O)c1ccc(Br)cc1)c1ccccc12. The summed E-state index contributed by atoms with van der Waals surface area (Å²) < 4.78 is 41.5. The fraction of sp³-hybridized carbons (Fsp3) is 0.0741. The Morgan fingerprint density at radius 3 is 2.26 bits per heavy atom.